The lowest BCUT2D eigenvalue weighted by Gasteiger charge is -2.24. The van der Waals surface area contributed by atoms with Crippen molar-refractivity contribution in [2.75, 3.05) is 6.61 Å². The van der Waals surface area contributed by atoms with Gasteiger partial charge in [-0.25, -0.2) is 0 Å². The molecule has 0 radical (unpaired) electrons. The molecule has 0 aliphatic carbocycles. The first-order chi connectivity index (χ1) is 8.49. The van der Waals surface area contributed by atoms with Crippen LogP contribution in [-0.4, -0.2) is 17.7 Å². The summed E-state index contributed by atoms with van der Waals surface area (Å²) in [5, 5.41) is 8.60. The molecule has 0 spiro atoms. The van der Waals surface area contributed by atoms with Gasteiger partial charge in [-0.1, -0.05) is 44.2 Å². The van der Waals surface area contributed by atoms with E-state index in [1.54, 1.807) is 0 Å². The Morgan fingerprint density at radius 3 is 2.56 bits per heavy atom. The van der Waals surface area contributed by atoms with Crippen molar-refractivity contribution < 1.29 is 14.6 Å². The maximum atomic E-state index is 10.5. The number of benzene rings is 1. The lowest BCUT2D eigenvalue weighted by atomic mass is 9.88. The molecule has 1 rings (SSSR count). The second-order valence-electron chi connectivity index (χ2n) is 5.39. The topological polar surface area (TPSA) is 46.5 Å². The lowest BCUT2D eigenvalue weighted by Crippen LogP contribution is -2.19. The zero-order valence-electron chi connectivity index (χ0n) is 11.2. The SMILES string of the molecule is CC(C)(CCCC(=O)O)COCc1ccccc1. The van der Waals surface area contributed by atoms with Gasteiger partial charge < -0.3 is 9.84 Å². The highest BCUT2D eigenvalue weighted by molar-refractivity contribution is 5.66. The monoisotopic (exact) mass is 250 g/mol. The molecule has 0 atom stereocenters. The molecule has 0 saturated heterocycles. The Morgan fingerprint density at radius 1 is 1.28 bits per heavy atom. The molecular weight excluding hydrogens is 228 g/mol. The van der Waals surface area contributed by atoms with Crippen molar-refractivity contribution in [3.05, 3.63) is 35.9 Å². The summed E-state index contributed by atoms with van der Waals surface area (Å²) in [6.45, 7) is 5.49. The van der Waals surface area contributed by atoms with Crippen LogP contribution >= 0.6 is 0 Å². The standard InChI is InChI=1S/C15H22O3/c1-15(2,10-6-9-14(16)17)12-18-11-13-7-4-3-5-8-13/h3-5,7-8H,6,9-12H2,1-2H3,(H,16,17). The fraction of sp³-hybridized carbons (Fsp3) is 0.533. The van der Waals surface area contributed by atoms with E-state index >= 15 is 0 Å². The molecule has 1 aromatic rings. The third-order valence-electron chi connectivity index (χ3n) is 2.85. The van der Waals surface area contributed by atoms with E-state index in [1.807, 2.05) is 30.3 Å². The molecule has 3 heteroatoms. The number of rotatable bonds is 8. The van der Waals surface area contributed by atoms with Gasteiger partial charge in [0.25, 0.3) is 0 Å². The van der Waals surface area contributed by atoms with E-state index in [9.17, 15) is 4.79 Å². The van der Waals surface area contributed by atoms with Crippen LogP contribution in [0.15, 0.2) is 30.3 Å². The van der Waals surface area contributed by atoms with Gasteiger partial charge in [-0.05, 0) is 23.8 Å². The molecular formula is C15H22O3. The maximum Gasteiger partial charge on any atom is 0.303 e. The summed E-state index contributed by atoms with van der Waals surface area (Å²) in [5.41, 5.74) is 1.20. The van der Waals surface area contributed by atoms with E-state index < -0.39 is 5.97 Å². The van der Waals surface area contributed by atoms with Crippen molar-refractivity contribution in [3.63, 3.8) is 0 Å². The highest BCUT2D eigenvalue weighted by Gasteiger charge is 2.18. The number of ether oxygens (including phenoxy) is 1. The highest BCUT2D eigenvalue weighted by atomic mass is 16.5. The molecule has 0 fully saturated rings. The second-order valence-corrected chi connectivity index (χ2v) is 5.39. The van der Waals surface area contributed by atoms with Crippen molar-refractivity contribution in [2.24, 2.45) is 5.41 Å². The lowest BCUT2D eigenvalue weighted by molar-refractivity contribution is -0.137. The Balaban J connectivity index is 2.22. The molecule has 18 heavy (non-hydrogen) atoms. The molecule has 3 nitrogen and oxygen atoms in total. The molecule has 0 bridgehead atoms. The average molecular weight is 250 g/mol. The first-order valence-corrected chi connectivity index (χ1v) is 6.33. The summed E-state index contributed by atoms with van der Waals surface area (Å²) < 4.78 is 5.69. The fourth-order valence-electron chi connectivity index (χ4n) is 1.81. The minimum Gasteiger partial charge on any atom is -0.481 e. The van der Waals surface area contributed by atoms with Crippen LogP contribution in [0.1, 0.15) is 38.7 Å². The van der Waals surface area contributed by atoms with Gasteiger partial charge in [-0.3, -0.25) is 4.79 Å². The number of carboxylic acids is 1. The van der Waals surface area contributed by atoms with E-state index in [2.05, 4.69) is 13.8 Å². The Morgan fingerprint density at radius 2 is 1.94 bits per heavy atom. The molecule has 0 amide bonds. The van der Waals surface area contributed by atoms with E-state index in [4.69, 9.17) is 9.84 Å². The van der Waals surface area contributed by atoms with Crippen molar-refractivity contribution in [1.82, 2.24) is 0 Å². The highest BCUT2D eigenvalue weighted by Crippen LogP contribution is 2.24. The van der Waals surface area contributed by atoms with Crippen molar-refractivity contribution in [1.29, 1.82) is 0 Å². The molecule has 0 aliphatic rings. The van der Waals surface area contributed by atoms with Gasteiger partial charge in [0.15, 0.2) is 0 Å². The first-order valence-electron chi connectivity index (χ1n) is 6.33. The van der Waals surface area contributed by atoms with Gasteiger partial charge in [0.2, 0.25) is 0 Å². The maximum absolute atomic E-state index is 10.5. The predicted molar refractivity (Wildman–Crippen MR) is 71.4 cm³/mol. The van der Waals surface area contributed by atoms with Gasteiger partial charge in [-0.2, -0.15) is 0 Å². The van der Waals surface area contributed by atoms with Gasteiger partial charge in [0, 0.05) is 6.42 Å². The van der Waals surface area contributed by atoms with Crippen LogP contribution in [-0.2, 0) is 16.1 Å². The van der Waals surface area contributed by atoms with Crippen LogP contribution in [0.2, 0.25) is 0 Å². The molecule has 0 heterocycles. The van der Waals surface area contributed by atoms with Crippen LogP contribution in [0.5, 0.6) is 0 Å². The second kappa shape index (κ2) is 7.17. The van der Waals surface area contributed by atoms with E-state index in [-0.39, 0.29) is 11.8 Å². The third kappa shape index (κ3) is 6.40. The van der Waals surface area contributed by atoms with Crippen molar-refractivity contribution in [2.45, 2.75) is 39.7 Å². The quantitative estimate of drug-likeness (QED) is 0.768. The van der Waals surface area contributed by atoms with Crippen LogP contribution in [0, 0.1) is 5.41 Å². The van der Waals surface area contributed by atoms with Gasteiger partial charge in [0.05, 0.1) is 13.2 Å². The van der Waals surface area contributed by atoms with Crippen LogP contribution in [0.3, 0.4) is 0 Å². The average Bonchev–Trinajstić information content (AvgIpc) is 2.29. The van der Waals surface area contributed by atoms with E-state index in [0.29, 0.717) is 19.6 Å². The number of carbonyl (C=O) groups is 1. The molecule has 0 aromatic heterocycles. The minimum absolute atomic E-state index is 0.0320. The molecule has 0 aliphatic heterocycles. The summed E-state index contributed by atoms with van der Waals surface area (Å²) in [5.74, 6) is -0.726. The third-order valence-corrected chi connectivity index (χ3v) is 2.85. The fourth-order valence-corrected chi connectivity index (χ4v) is 1.81. The molecule has 1 aromatic carbocycles. The van der Waals surface area contributed by atoms with Crippen molar-refractivity contribution >= 4 is 5.97 Å². The Kier molecular flexibility index (Phi) is 5.86. The van der Waals surface area contributed by atoms with Crippen LogP contribution in [0.25, 0.3) is 0 Å². The first kappa shape index (κ1) is 14.7. The number of hydrogen-bond donors (Lipinski definition) is 1. The van der Waals surface area contributed by atoms with Crippen molar-refractivity contribution in [3.8, 4) is 0 Å². The van der Waals surface area contributed by atoms with Gasteiger partial charge in [0.1, 0.15) is 0 Å². The summed E-state index contributed by atoms with van der Waals surface area (Å²) >= 11 is 0. The summed E-state index contributed by atoms with van der Waals surface area (Å²) in [6, 6.07) is 10.1. The molecule has 1 N–H and O–H groups in total. The zero-order valence-corrected chi connectivity index (χ0v) is 11.2. The largest absolute Gasteiger partial charge is 0.481 e. The Hall–Kier alpha value is -1.35. The summed E-state index contributed by atoms with van der Waals surface area (Å²) in [6.07, 6.45) is 1.81. The van der Waals surface area contributed by atoms with E-state index in [1.165, 1.54) is 5.56 Å². The smallest absolute Gasteiger partial charge is 0.303 e. The number of aliphatic carboxylic acids is 1. The molecule has 0 unspecified atom stereocenters. The van der Waals surface area contributed by atoms with Crippen LogP contribution in [0.4, 0.5) is 0 Å². The normalized spacial score (nSPS) is 11.4. The predicted octanol–water partition coefficient (Wildman–Crippen LogP) is 3.48. The Labute approximate surface area is 109 Å². The zero-order chi connectivity index (χ0) is 13.4. The molecule has 0 saturated carbocycles. The number of carboxylic acid groups (broad SMARTS) is 1. The Bertz CT molecular complexity index is 357. The molecule has 100 valence electrons. The van der Waals surface area contributed by atoms with Crippen LogP contribution < -0.4 is 0 Å². The number of hydrogen-bond acceptors (Lipinski definition) is 2. The van der Waals surface area contributed by atoms with Gasteiger partial charge in [-0.15, -0.1) is 0 Å². The summed E-state index contributed by atoms with van der Waals surface area (Å²) in [4.78, 5) is 10.5. The van der Waals surface area contributed by atoms with Gasteiger partial charge >= 0.3 is 5.97 Å². The minimum atomic E-state index is -0.726. The summed E-state index contributed by atoms with van der Waals surface area (Å²) in [7, 11) is 0. The van der Waals surface area contributed by atoms with E-state index in [0.717, 1.165) is 6.42 Å².